The molecule has 0 aliphatic carbocycles. The van der Waals surface area contributed by atoms with Crippen molar-refractivity contribution < 1.29 is 9.13 Å². The van der Waals surface area contributed by atoms with Gasteiger partial charge < -0.3 is 10.5 Å². The summed E-state index contributed by atoms with van der Waals surface area (Å²) in [7, 11) is 0. The lowest BCUT2D eigenvalue weighted by molar-refractivity contribution is 0.0856. The summed E-state index contributed by atoms with van der Waals surface area (Å²) in [5.41, 5.74) is 6.79. The van der Waals surface area contributed by atoms with Crippen LogP contribution in [-0.2, 0) is 10.3 Å². The molecule has 2 rings (SSSR count). The molecule has 0 saturated carbocycles. The van der Waals surface area contributed by atoms with Crippen molar-refractivity contribution in [3.63, 3.8) is 0 Å². The second kappa shape index (κ2) is 4.52. The van der Waals surface area contributed by atoms with Crippen LogP contribution in [0.3, 0.4) is 0 Å². The Bertz CT molecular complexity index is 341. The van der Waals surface area contributed by atoms with Crippen molar-refractivity contribution in [2.45, 2.75) is 37.8 Å². The Morgan fingerprint density at radius 3 is 2.69 bits per heavy atom. The van der Waals surface area contributed by atoms with Gasteiger partial charge in [0.25, 0.3) is 0 Å². The summed E-state index contributed by atoms with van der Waals surface area (Å²) in [6.45, 7) is 2.81. The van der Waals surface area contributed by atoms with Crippen molar-refractivity contribution in [1.29, 1.82) is 0 Å². The summed E-state index contributed by atoms with van der Waals surface area (Å²) in [5, 5.41) is 0. The molecule has 16 heavy (non-hydrogen) atoms. The number of benzene rings is 1. The maximum absolute atomic E-state index is 12.8. The average molecular weight is 223 g/mol. The van der Waals surface area contributed by atoms with Gasteiger partial charge in [-0.25, -0.2) is 4.39 Å². The van der Waals surface area contributed by atoms with Crippen molar-refractivity contribution in [1.82, 2.24) is 0 Å². The second-order valence-electron chi connectivity index (χ2n) is 4.76. The van der Waals surface area contributed by atoms with Crippen molar-refractivity contribution in [3.05, 3.63) is 35.6 Å². The van der Waals surface area contributed by atoms with Gasteiger partial charge in [0.05, 0.1) is 6.10 Å². The van der Waals surface area contributed by atoms with Gasteiger partial charge in [-0.1, -0.05) is 12.1 Å². The molecule has 1 aromatic carbocycles. The molecule has 0 bridgehead atoms. The Balaban J connectivity index is 2.07. The highest BCUT2D eigenvalue weighted by molar-refractivity contribution is 5.23. The molecule has 1 heterocycles. The minimum atomic E-state index is -0.442. The summed E-state index contributed by atoms with van der Waals surface area (Å²) in [4.78, 5) is 0. The quantitative estimate of drug-likeness (QED) is 0.854. The Morgan fingerprint density at radius 2 is 2.12 bits per heavy atom. The molecule has 2 unspecified atom stereocenters. The smallest absolute Gasteiger partial charge is 0.123 e. The molecule has 0 spiro atoms. The maximum atomic E-state index is 12.8. The predicted molar refractivity (Wildman–Crippen MR) is 61.5 cm³/mol. The van der Waals surface area contributed by atoms with Crippen LogP contribution >= 0.6 is 0 Å². The normalized spacial score (nSPS) is 24.3. The van der Waals surface area contributed by atoms with Crippen LogP contribution in [0.5, 0.6) is 0 Å². The van der Waals surface area contributed by atoms with Crippen LogP contribution in [0.4, 0.5) is 4.39 Å². The van der Waals surface area contributed by atoms with Crippen LogP contribution in [0.1, 0.15) is 31.7 Å². The molecule has 1 aliphatic heterocycles. The van der Waals surface area contributed by atoms with E-state index in [4.69, 9.17) is 10.5 Å². The summed E-state index contributed by atoms with van der Waals surface area (Å²) in [5.74, 6) is -0.225. The number of ether oxygens (including phenoxy) is 1. The predicted octanol–water partition coefficient (Wildman–Crippen LogP) is 2.57. The van der Waals surface area contributed by atoms with Crippen molar-refractivity contribution in [2.24, 2.45) is 5.73 Å². The van der Waals surface area contributed by atoms with Gasteiger partial charge >= 0.3 is 0 Å². The summed E-state index contributed by atoms with van der Waals surface area (Å²) >= 11 is 0. The SMILES string of the molecule is CC(N)(CC1CCCO1)c1ccc(F)cc1. The topological polar surface area (TPSA) is 35.2 Å². The van der Waals surface area contributed by atoms with Gasteiger partial charge in [0.1, 0.15) is 5.82 Å². The van der Waals surface area contributed by atoms with Crippen LogP contribution in [0.25, 0.3) is 0 Å². The van der Waals surface area contributed by atoms with E-state index in [0.717, 1.165) is 31.4 Å². The van der Waals surface area contributed by atoms with Crippen LogP contribution < -0.4 is 5.73 Å². The van der Waals surface area contributed by atoms with E-state index in [2.05, 4.69) is 0 Å². The zero-order chi connectivity index (χ0) is 11.6. The number of rotatable bonds is 3. The summed E-state index contributed by atoms with van der Waals surface area (Å²) < 4.78 is 18.4. The zero-order valence-electron chi connectivity index (χ0n) is 9.58. The Kier molecular flexibility index (Phi) is 3.26. The van der Waals surface area contributed by atoms with E-state index in [9.17, 15) is 4.39 Å². The minimum absolute atomic E-state index is 0.225. The second-order valence-corrected chi connectivity index (χ2v) is 4.76. The van der Waals surface area contributed by atoms with E-state index in [1.807, 2.05) is 6.92 Å². The van der Waals surface area contributed by atoms with E-state index >= 15 is 0 Å². The lowest BCUT2D eigenvalue weighted by Crippen LogP contribution is -2.36. The van der Waals surface area contributed by atoms with Crippen LogP contribution in [0, 0.1) is 5.82 Å². The van der Waals surface area contributed by atoms with Crippen molar-refractivity contribution in [3.8, 4) is 0 Å². The number of hydrogen-bond donors (Lipinski definition) is 1. The van der Waals surface area contributed by atoms with Gasteiger partial charge in [0.15, 0.2) is 0 Å². The third-order valence-corrected chi connectivity index (χ3v) is 3.18. The largest absolute Gasteiger partial charge is 0.378 e. The Morgan fingerprint density at radius 1 is 1.44 bits per heavy atom. The van der Waals surface area contributed by atoms with Crippen LogP contribution in [0.15, 0.2) is 24.3 Å². The van der Waals surface area contributed by atoms with E-state index in [1.165, 1.54) is 12.1 Å². The Labute approximate surface area is 95.6 Å². The molecule has 3 heteroatoms. The van der Waals surface area contributed by atoms with E-state index in [0.29, 0.717) is 0 Å². The highest BCUT2D eigenvalue weighted by atomic mass is 19.1. The lowest BCUT2D eigenvalue weighted by Gasteiger charge is -2.28. The first-order chi connectivity index (χ1) is 7.58. The average Bonchev–Trinajstić information content (AvgIpc) is 2.70. The fourth-order valence-electron chi connectivity index (χ4n) is 2.23. The van der Waals surface area contributed by atoms with Gasteiger partial charge in [0, 0.05) is 12.1 Å². The molecule has 1 saturated heterocycles. The maximum Gasteiger partial charge on any atom is 0.123 e. The molecule has 1 fully saturated rings. The molecule has 2 atom stereocenters. The molecule has 2 N–H and O–H groups in total. The van der Waals surface area contributed by atoms with Crippen molar-refractivity contribution in [2.75, 3.05) is 6.61 Å². The fraction of sp³-hybridized carbons (Fsp3) is 0.538. The van der Waals surface area contributed by atoms with Crippen LogP contribution in [-0.4, -0.2) is 12.7 Å². The van der Waals surface area contributed by atoms with Gasteiger partial charge in [-0.15, -0.1) is 0 Å². The summed E-state index contributed by atoms with van der Waals surface area (Å²) in [6, 6.07) is 6.42. The molecular weight excluding hydrogens is 205 g/mol. The minimum Gasteiger partial charge on any atom is -0.378 e. The third kappa shape index (κ3) is 2.60. The van der Waals surface area contributed by atoms with Gasteiger partial charge in [-0.3, -0.25) is 0 Å². The number of hydrogen-bond acceptors (Lipinski definition) is 2. The highest BCUT2D eigenvalue weighted by Gasteiger charge is 2.28. The standard InChI is InChI=1S/C13H18FNO/c1-13(15,9-12-3-2-8-16-12)10-4-6-11(14)7-5-10/h4-7,12H,2-3,8-9,15H2,1H3. The fourth-order valence-corrected chi connectivity index (χ4v) is 2.23. The molecule has 1 aromatic rings. The van der Waals surface area contributed by atoms with E-state index in [1.54, 1.807) is 12.1 Å². The molecular formula is C13H18FNO. The molecule has 0 radical (unpaired) electrons. The van der Waals surface area contributed by atoms with Crippen molar-refractivity contribution >= 4 is 0 Å². The number of halogens is 1. The highest BCUT2D eigenvalue weighted by Crippen LogP contribution is 2.28. The zero-order valence-corrected chi connectivity index (χ0v) is 9.58. The monoisotopic (exact) mass is 223 g/mol. The first-order valence-electron chi connectivity index (χ1n) is 5.74. The first-order valence-corrected chi connectivity index (χ1v) is 5.74. The first kappa shape index (κ1) is 11.6. The lowest BCUT2D eigenvalue weighted by atomic mass is 9.87. The molecule has 88 valence electrons. The molecule has 0 aromatic heterocycles. The summed E-state index contributed by atoms with van der Waals surface area (Å²) in [6.07, 6.45) is 3.23. The van der Waals surface area contributed by atoms with E-state index < -0.39 is 5.54 Å². The van der Waals surface area contributed by atoms with Gasteiger partial charge in [-0.2, -0.15) is 0 Å². The molecule has 2 nitrogen and oxygen atoms in total. The number of nitrogens with two attached hydrogens (primary N) is 1. The Hall–Kier alpha value is -0.930. The van der Waals surface area contributed by atoms with Gasteiger partial charge in [0.2, 0.25) is 0 Å². The van der Waals surface area contributed by atoms with Gasteiger partial charge in [-0.05, 0) is 43.9 Å². The molecule has 0 amide bonds. The molecule has 1 aliphatic rings. The third-order valence-electron chi connectivity index (χ3n) is 3.18. The van der Waals surface area contributed by atoms with E-state index in [-0.39, 0.29) is 11.9 Å². The van der Waals surface area contributed by atoms with Crippen LogP contribution in [0.2, 0.25) is 0 Å².